The van der Waals surface area contributed by atoms with E-state index >= 15 is 4.79 Å². The van der Waals surface area contributed by atoms with E-state index in [1.54, 1.807) is 55.1 Å². The number of ether oxygens (including phenoxy) is 1. The number of nitrogens with one attached hydrogen (secondary N) is 1. The Labute approximate surface area is 262 Å². The Kier molecular flexibility index (Phi) is 7.11. The molecular formula is C38H34N2O5. The summed E-state index contributed by atoms with van der Waals surface area (Å²) in [7, 11) is 0. The predicted octanol–water partition coefficient (Wildman–Crippen LogP) is 6.49. The number of nitrogens with zero attached hydrogens (tertiary/aromatic N) is 1. The van der Waals surface area contributed by atoms with Crippen molar-refractivity contribution in [3.8, 4) is 0 Å². The van der Waals surface area contributed by atoms with Crippen LogP contribution in [0.2, 0.25) is 0 Å². The number of hydrogen-bond acceptors (Lipinski definition) is 6. The zero-order chi connectivity index (χ0) is 31.3. The number of carbonyl (C=O) groups is 4. The van der Waals surface area contributed by atoms with Gasteiger partial charge in [0.05, 0.1) is 23.6 Å². The molecule has 0 radical (unpaired) electrons. The van der Waals surface area contributed by atoms with Crippen LogP contribution in [0, 0.1) is 5.41 Å². The number of Topliss-reactive ketones (excluding diaryl/α,β-unsaturated/α-hetero) is 2. The number of benzene rings is 3. The SMILES string of the molecule is CCOC(=O)C1=C(c2ccccc2)N(C2CCCCC2)C(=O)C12C(C(=O)c1ccccc1)=C(C)NC1=C2C(=O)c2ccccc21. The van der Waals surface area contributed by atoms with Crippen molar-refractivity contribution in [2.45, 2.75) is 52.0 Å². The van der Waals surface area contributed by atoms with E-state index in [0.29, 0.717) is 39.3 Å². The zero-order valence-corrected chi connectivity index (χ0v) is 25.4. The standard InChI is InChI=1S/C38H34N2O5/c1-3-45-36(43)31-33(24-15-7-4-8-16-24)40(26-19-11-6-12-20-26)37(44)38(31)29(34(41)25-17-9-5-10-18-25)23(2)39-32-27-21-13-14-22-28(27)35(42)30(32)38/h4-5,7-10,13-18,21-22,26,39H,3,6,11-12,19-20H2,1-2H3. The minimum atomic E-state index is -2.03. The zero-order valence-electron chi connectivity index (χ0n) is 25.4. The van der Waals surface area contributed by atoms with Gasteiger partial charge < -0.3 is 15.0 Å². The van der Waals surface area contributed by atoms with Gasteiger partial charge in [0.1, 0.15) is 5.41 Å². The Bertz CT molecular complexity index is 1850. The maximum Gasteiger partial charge on any atom is 0.337 e. The molecule has 7 nitrogen and oxygen atoms in total. The molecule has 4 aliphatic rings. The summed E-state index contributed by atoms with van der Waals surface area (Å²) in [6.45, 7) is 3.51. The minimum Gasteiger partial charge on any atom is -0.463 e. The van der Waals surface area contributed by atoms with Crippen LogP contribution in [0.15, 0.2) is 107 Å². The van der Waals surface area contributed by atoms with E-state index in [4.69, 9.17) is 4.74 Å². The van der Waals surface area contributed by atoms with Crippen LogP contribution in [0.1, 0.15) is 77.8 Å². The number of hydrogen-bond donors (Lipinski definition) is 1. The average molecular weight is 599 g/mol. The molecule has 7 rings (SSSR count). The number of carbonyl (C=O) groups excluding carboxylic acids is 4. The molecule has 1 spiro atoms. The molecule has 1 fully saturated rings. The highest BCUT2D eigenvalue weighted by Crippen LogP contribution is 2.61. The molecule has 0 saturated heterocycles. The summed E-state index contributed by atoms with van der Waals surface area (Å²) >= 11 is 0. The molecule has 226 valence electrons. The highest BCUT2D eigenvalue weighted by molar-refractivity contribution is 6.33. The summed E-state index contributed by atoms with van der Waals surface area (Å²) in [5, 5.41) is 3.35. The Morgan fingerprint density at radius 1 is 0.844 bits per heavy atom. The summed E-state index contributed by atoms with van der Waals surface area (Å²) in [5.74, 6) is -1.98. The Hall–Kier alpha value is -5.04. The van der Waals surface area contributed by atoms with E-state index in [9.17, 15) is 14.4 Å². The van der Waals surface area contributed by atoms with Crippen molar-refractivity contribution in [1.82, 2.24) is 10.2 Å². The van der Waals surface area contributed by atoms with Gasteiger partial charge in [-0.25, -0.2) is 4.79 Å². The van der Waals surface area contributed by atoms with Gasteiger partial charge in [-0.15, -0.1) is 0 Å². The summed E-state index contributed by atoms with van der Waals surface area (Å²) in [6, 6.07) is 25.0. The lowest BCUT2D eigenvalue weighted by Crippen LogP contribution is -2.50. The van der Waals surface area contributed by atoms with Crippen LogP contribution >= 0.6 is 0 Å². The van der Waals surface area contributed by atoms with Gasteiger partial charge in [-0.2, -0.15) is 0 Å². The van der Waals surface area contributed by atoms with Gasteiger partial charge in [0.25, 0.3) is 0 Å². The number of ketones is 2. The van der Waals surface area contributed by atoms with Crippen molar-refractivity contribution in [3.05, 3.63) is 130 Å². The molecule has 0 aromatic heterocycles. The fourth-order valence-electron chi connectivity index (χ4n) is 7.67. The van der Waals surface area contributed by atoms with Crippen molar-refractivity contribution >= 4 is 34.8 Å². The maximum atomic E-state index is 15.7. The van der Waals surface area contributed by atoms with Gasteiger partial charge in [-0.3, -0.25) is 14.4 Å². The summed E-state index contributed by atoms with van der Waals surface area (Å²) in [4.78, 5) is 61.3. The molecule has 7 heteroatoms. The van der Waals surface area contributed by atoms with Crippen molar-refractivity contribution in [2.24, 2.45) is 5.41 Å². The normalized spacial score (nSPS) is 21.3. The van der Waals surface area contributed by atoms with Gasteiger partial charge in [-0.05, 0) is 32.3 Å². The predicted molar refractivity (Wildman–Crippen MR) is 170 cm³/mol. The molecule has 1 atom stereocenters. The summed E-state index contributed by atoms with van der Waals surface area (Å²) < 4.78 is 5.76. The van der Waals surface area contributed by atoms with E-state index in [0.717, 1.165) is 32.1 Å². The number of esters is 1. The van der Waals surface area contributed by atoms with Gasteiger partial charge in [0, 0.05) is 39.6 Å². The van der Waals surface area contributed by atoms with Crippen LogP contribution in [0.25, 0.3) is 11.4 Å². The third kappa shape index (κ3) is 4.17. The van der Waals surface area contributed by atoms with Gasteiger partial charge in [0.2, 0.25) is 5.91 Å². The van der Waals surface area contributed by atoms with E-state index in [1.165, 1.54) is 0 Å². The lowest BCUT2D eigenvalue weighted by molar-refractivity contribution is -0.142. The fraction of sp³-hybridized carbons (Fsp3) is 0.263. The van der Waals surface area contributed by atoms with Crippen molar-refractivity contribution < 1.29 is 23.9 Å². The topological polar surface area (TPSA) is 92.8 Å². The van der Waals surface area contributed by atoms with Gasteiger partial charge in [-0.1, -0.05) is 104 Å². The first-order valence-electron chi connectivity index (χ1n) is 15.7. The number of amides is 1. The molecule has 1 saturated carbocycles. The summed E-state index contributed by atoms with van der Waals surface area (Å²) in [6.07, 6.45) is 4.42. The van der Waals surface area contributed by atoms with E-state index in [-0.39, 0.29) is 35.2 Å². The molecule has 1 unspecified atom stereocenters. The molecule has 3 aromatic rings. The highest BCUT2D eigenvalue weighted by Gasteiger charge is 2.67. The van der Waals surface area contributed by atoms with Gasteiger partial charge >= 0.3 is 5.97 Å². The van der Waals surface area contributed by atoms with Gasteiger partial charge in [0.15, 0.2) is 11.6 Å². The molecule has 2 aliphatic carbocycles. The van der Waals surface area contributed by atoms with Crippen LogP contribution in [0.5, 0.6) is 0 Å². The van der Waals surface area contributed by atoms with E-state index in [2.05, 4.69) is 5.32 Å². The number of allylic oxidation sites excluding steroid dienone is 1. The van der Waals surface area contributed by atoms with Crippen molar-refractivity contribution in [3.63, 3.8) is 0 Å². The number of fused-ring (bicyclic) bond motifs is 3. The molecule has 0 bridgehead atoms. The molecule has 2 heterocycles. The third-order valence-corrected chi connectivity index (χ3v) is 9.48. The van der Waals surface area contributed by atoms with Crippen molar-refractivity contribution in [2.75, 3.05) is 6.61 Å². The highest BCUT2D eigenvalue weighted by atomic mass is 16.5. The van der Waals surface area contributed by atoms with Crippen LogP contribution in [0.3, 0.4) is 0 Å². The molecule has 3 aromatic carbocycles. The first-order valence-corrected chi connectivity index (χ1v) is 15.7. The first-order chi connectivity index (χ1) is 21.9. The second-order valence-electron chi connectivity index (χ2n) is 12.0. The third-order valence-electron chi connectivity index (χ3n) is 9.48. The van der Waals surface area contributed by atoms with Crippen molar-refractivity contribution in [1.29, 1.82) is 0 Å². The molecule has 1 amide bonds. The quantitative estimate of drug-likeness (QED) is 0.258. The smallest absolute Gasteiger partial charge is 0.337 e. The molecule has 45 heavy (non-hydrogen) atoms. The maximum absolute atomic E-state index is 15.7. The Morgan fingerprint density at radius 3 is 2.13 bits per heavy atom. The van der Waals surface area contributed by atoms with Crippen LogP contribution in [-0.2, 0) is 14.3 Å². The van der Waals surface area contributed by atoms with Crippen LogP contribution in [0.4, 0.5) is 0 Å². The summed E-state index contributed by atoms with van der Waals surface area (Å²) in [5.41, 5.74) is 1.53. The Morgan fingerprint density at radius 2 is 1.47 bits per heavy atom. The monoisotopic (exact) mass is 598 g/mol. The van der Waals surface area contributed by atoms with Crippen LogP contribution in [-0.4, -0.2) is 41.0 Å². The van der Waals surface area contributed by atoms with Crippen LogP contribution < -0.4 is 5.32 Å². The second-order valence-corrected chi connectivity index (χ2v) is 12.0. The van der Waals surface area contributed by atoms with E-state index in [1.807, 2.05) is 48.5 Å². The van der Waals surface area contributed by atoms with E-state index < -0.39 is 23.1 Å². The number of rotatable bonds is 6. The average Bonchev–Trinajstić information content (AvgIpc) is 3.50. The number of dihydropyridines is 1. The lowest BCUT2D eigenvalue weighted by Gasteiger charge is -2.40. The Balaban J connectivity index is 1.62. The minimum absolute atomic E-state index is 0.0277. The lowest BCUT2D eigenvalue weighted by atomic mass is 9.63. The fourth-order valence-corrected chi connectivity index (χ4v) is 7.67. The molecular weight excluding hydrogens is 564 g/mol. The second kappa shape index (κ2) is 11.1. The first kappa shape index (κ1) is 28.7. The molecule has 1 N–H and O–H groups in total. The largest absolute Gasteiger partial charge is 0.463 e. The molecule has 2 aliphatic heterocycles.